The number of hydrogen-bond acceptors (Lipinski definition) is 4. The Morgan fingerprint density at radius 3 is 2.79 bits per heavy atom. The normalized spacial score (nSPS) is 19.7. The summed E-state index contributed by atoms with van der Waals surface area (Å²) in [5.74, 6) is 1.06. The van der Waals surface area contributed by atoms with Gasteiger partial charge in [-0.2, -0.15) is 5.10 Å². The number of anilines is 1. The zero-order chi connectivity index (χ0) is 20.4. The topological polar surface area (TPSA) is 76.5 Å². The van der Waals surface area contributed by atoms with Gasteiger partial charge in [-0.15, -0.1) is 0 Å². The molecule has 1 aliphatic carbocycles. The molecule has 2 heterocycles. The molecule has 2 aliphatic rings. The molecule has 7 nitrogen and oxygen atoms in total. The Bertz CT molecular complexity index is 901. The quantitative estimate of drug-likeness (QED) is 0.813. The van der Waals surface area contributed by atoms with Gasteiger partial charge in [-0.1, -0.05) is 31.0 Å². The second kappa shape index (κ2) is 8.27. The van der Waals surface area contributed by atoms with Crippen LogP contribution < -0.4 is 10.1 Å². The highest BCUT2D eigenvalue weighted by Crippen LogP contribution is 2.33. The van der Waals surface area contributed by atoms with Gasteiger partial charge in [-0.25, -0.2) is 4.68 Å². The fourth-order valence-electron chi connectivity index (χ4n) is 4.39. The molecule has 1 aromatic carbocycles. The van der Waals surface area contributed by atoms with Gasteiger partial charge in [-0.05, 0) is 25.8 Å². The highest BCUT2D eigenvalue weighted by Gasteiger charge is 2.35. The minimum atomic E-state index is -0.358. The number of aromatic nitrogens is 2. The summed E-state index contributed by atoms with van der Waals surface area (Å²) < 4.78 is 7.35. The summed E-state index contributed by atoms with van der Waals surface area (Å²) in [5.41, 5.74) is 1.90. The average Bonchev–Trinajstić information content (AvgIpc) is 3.45. The Balaban J connectivity index is 1.43. The van der Waals surface area contributed by atoms with Gasteiger partial charge in [0.15, 0.2) is 0 Å². The van der Waals surface area contributed by atoms with Crippen LogP contribution >= 0.6 is 0 Å². The molecule has 1 saturated heterocycles. The van der Waals surface area contributed by atoms with E-state index in [1.165, 1.54) is 12.8 Å². The molecule has 1 aliphatic heterocycles. The third-order valence-corrected chi connectivity index (χ3v) is 6.03. The number of nitrogens with zero attached hydrogens (tertiary/aromatic N) is 3. The van der Waals surface area contributed by atoms with E-state index in [1.54, 1.807) is 12.0 Å². The Kier molecular flexibility index (Phi) is 5.56. The second-order valence-electron chi connectivity index (χ2n) is 8.04. The van der Waals surface area contributed by atoms with Crippen LogP contribution in [0.1, 0.15) is 49.3 Å². The molecule has 1 aromatic heterocycles. The Hall–Kier alpha value is -2.83. The number of ether oxygens (including phenoxy) is 1. The molecule has 29 heavy (non-hydrogen) atoms. The Labute approximate surface area is 171 Å². The Morgan fingerprint density at radius 2 is 2.03 bits per heavy atom. The van der Waals surface area contributed by atoms with E-state index in [-0.39, 0.29) is 24.2 Å². The largest absolute Gasteiger partial charge is 0.496 e. The molecule has 1 unspecified atom stereocenters. The minimum Gasteiger partial charge on any atom is -0.496 e. The van der Waals surface area contributed by atoms with Gasteiger partial charge in [0.2, 0.25) is 11.8 Å². The van der Waals surface area contributed by atoms with E-state index in [1.807, 2.05) is 42.1 Å². The number of methoxy groups -OCH3 is 1. The van der Waals surface area contributed by atoms with Crippen molar-refractivity contribution in [3.8, 4) is 5.75 Å². The third kappa shape index (κ3) is 3.99. The molecule has 2 aromatic rings. The van der Waals surface area contributed by atoms with Gasteiger partial charge in [-0.3, -0.25) is 9.59 Å². The number of likely N-dealkylation sites (tertiary alicyclic amines) is 1. The lowest BCUT2D eigenvalue weighted by Crippen LogP contribution is -2.29. The predicted octanol–water partition coefficient (Wildman–Crippen LogP) is 3.30. The van der Waals surface area contributed by atoms with Gasteiger partial charge in [0.25, 0.3) is 0 Å². The fourth-order valence-corrected chi connectivity index (χ4v) is 4.39. The molecule has 0 radical (unpaired) electrons. The molecule has 1 atom stereocenters. The number of carbonyl (C=O) groups excluding carboxylic acids is 2. The average molecular weight is 396 g/mol. The number of amides is 2. The first-order valence-electron chi connectivity index (χ1n) is 10.3. The van der Waals surface area contributed by atoms with Crippen molar-refractivity contribution >= 4 is 17.6 Å². The number of nitrogens with one attached hydrogen (secondary N) is 1. The van der Waals surface area contributed by atoms with Crippen molar-refractivity contribution in [2.24, 2.45) is 5.92 Å². The molecule has 0 spiro atoms. The van der Waals surface area contributed by atoms with Crippen molar-refractivity contribution in [3.63, 3.8) is 0 Å². The third-order valence-electron chi connectivity index (χ3n) is 6.03. The number of aryl methyl sites for hydroxylation is 1. The van der Waals surface area contributed by atoms with Crippen LogP contribution in [0.4, 0.5) is 5.82 Å². The summed E-state index contributed by atoms with van der Waals surface area (Å²) in [6.07, 6.45) is 6.63. The van der Waals surface area contributed by atoms with Crippen LogP contribution in [0.25, 0.3) is 0 Å². The van der Waals surface area contributed by atoms with Crippen molar-refractivity contribution in [2.75, 3.05) is 19.0 Å². The monoisotopic (exact) mass is 396 g/mol. The van der Waals surface area contributed by atoms with E-state index < -0.39 is 0 Å². The molecule has 0 bridgehead atoms. The zero-order valence-corrected chi connectivity index (χ0v) is 17.1. The van der Waals surface area contributed by atoms with Crippen LogP contribution in [0.2, 0.25) is 0 Å². The molecular weight excluding hydrogens is 368 g/mol. The van der Waals surface area contributed by atoms with Crippen LogP contribution in [0.15, 0.2) is 30.5 Å². The predicted molar refractivity (Wildman–Crippen MR) is 110 cm³/mol. The molecule has 2 amide bonds. The first-order chi connectivity index (χ1) is 14.1. The lowest BCUT2D eigenvalue weighted by Gasteiger charge is -2.19. The smallest absolute Gasteiger partial charge is 0.230 e. The minimum absolute atomic E-state index is 0.00270. The van der Waals surface area contributed by atoms with Gasteiger partial charge >= 0.3 is 0 Å². The lowest BCUT2D eigenvalue weighted by molar-refractivity contribution is -0.128. The summed E-state index contributed by atoms with van der Waals surface area (Å²) in [6, 6.07) is 8.01. The SMILES string of the molecule is COc1ccccc1CN1CC(C(=O)Nc2c(C)cnn2C2CCCC2)CC1=O. The number of hydrogen-bond donors (Lipinski definition) is 1. The van der Waals surface area contributed by atoms with Crippen LogP contribution in [0.5, 0.6) is 5.75 Å². The fraction of sp³-hybridized carbons (Fsp3) is 0.500. The van der Waals surface area contributed by atoms with Crippen molar-refractivity contribution < 1.29 is 14.3 Å². The second-order valence-corrected chi connectivity index (χ2v) is 8.04. The van der Waals surface area contributed by atoms with Gasteiger partial charge < -0.3 is 15.0 Å². The van der Waals surface area contributed by atoms with Crippen LogP contribution in [-0.4, -0.2) is 40.1 Å². The summed E-state index contributed by atoms with van der Waals surface area (Å²) in [4.78, 5) is 27.2. The van der Waals surface area contributed by atoms with E-state index in [9.17, 15) is 9.59 Å². The maximum absolute atomic E-state index is 12.9. The molecule has 2 fully saturated rings. The molecular formula is C22H28N4O3. The maximum atomic E-state index is 12.9. The van der Waals surface area contributed by atoms with Gasteiger partial charge in [0, 0.05) is 30.6 Å². The molecule has 4 rings (SSSR count). The zero-order valence-electron chi connectivity index (χ0n) is 17.1. The van der Waals surface area contributed by atoms with Crippen molar-refractivity contribution in [3.05, 3.63) is 41.6 Å². The highest BCUT2D eigenvalue weighted by atomic mass is 16.5. The van der Waals surface area contributed by atoms with E-state index in [0.29, 0.717) is 19.1 Å². The van der Waals surface area contributed by atoms with E-state index >= 15 is 0 Å². The summed E-state index contributed by atoms with van der Waals surface area (Å²) in [6.45, 7) is 2.83. The molecule has 7 heteroatoms. The van der Waals surface area contributed by atoms with Crippen LogP contribution in [-0.2, 0) is 16.1 Å². The summed E-state index contributed by atoms with van der Waals surface area (Å²) >= 11 is 0. The highest BCUT2D eigenvalue weighted by molar-refractivity contribution is 5.97. The van der Waals surface area contributed by atoms with Crippen molar-refractivity contribution in [1.82, 2.24) is 14.7 Å². The number of para-hydroxylation sites is 1. The molecule has 154 valence electrons. The first-order valence-corrected chi connectivity index (χ1v) is 10.3. The van der Waals surface area contributed by atoms with Crippen LogP contribution in [0.3, 0.4) is 0 Å². The van der Waals surface area contributed by atoms with E-state index in [0.717, 1.165) is 35.5 Å². The first kappa shape index (κ1) is 19.5. The number of carbonyl (C=O) groups is 2. The van der Waals surface area contributed by atoms with E-state index in [4.69, 9.17) is 4.74 Å². The van der Waals surface area contributed by atoms with Crippen molar-refractivity contribution in [1.29, 1.82) is 0 Å². The van der Waals surface area contributed by atoms with Crippen molar-refractivity contribution in [2.45, 2.75) is 51.6 Å². The molecule has 1 N–H and O–H groups in total. The van der Waals surface area contributed by atoms with Crippen LogP contribution in [0, 0.1) is 12.8 Å². The standard InChI is InChI=1S/C22H28N4O3/c1-15-12-23-26(18-8-4-5-9-18)21(15)24-22(28)17-11-20(27)25(14-17)13-16-7-3-6-10-19(16)29-2/h3,6-7,10,12,17-18H,4-5,8-9,11,13-14H2,1-2H3,(H,24,28). The molecule has 1 saturated carbocycles. The van der Waals surface area contributed by atoms with Gasteiger partial charge in [0.05, 0.1) is 25.3 Å². The summed E-state index contributed by atoms with van der Waals surface area (Å²) in [5, 5.41) is 7.56. The van der Waals surface area contributed by atoms with Gasteiger partial charge in [0.1, 0.15) is 11.6 Å². The van der Waals surface area contributed by atoms with E-state index in [2.05, 4.69) is 10.4 Å². The summed E-state index contributed by atoms with van der Waals surface area (Å²) in [7, 11) is 1.62. The maximum Gasteiger partial charge on any atom is 0.230 e. The Morgan fingerprint density at radius 1 is 1.28 bits per heavy atom. The number of rotatable bonds is 6. The number of benzene rings is 1. The lowest BCUT2D eigenvalue weighted by atomic mass is 10.1.